The van der Waals surface area contributed by atoms with E-state index >= 15 is 0 Å². The summed E-state index contributed by atoms with van der Waals surface area (Å²) in [6.45, 7) is 0.280. The molecule has 0 aliphatic heterocycles. The summed E-state index contributed by atoms with van der Waals surface area (Å²) in [4.78, 5) is 9.20. The van der Waals surface area contributed by atoms with Gasteiger partial charge in [-0.1, -0.05) is 0 Å². The lowest BCUT2D eigenvalue weighted by molar-refractivity contribution is 0.0816. The predicted octanol–water partition coefficient (Wildman–Crippen LogP) is -0.443. The molecule has 12 heavy (non-hydrogen) atoms. The minimum Gasteiger partial charge on any atom is -0.408 e. The topological polar surface area (TPSA) is 51.7 Å². The molecule has 0 amide bonds. The van der Waals surface area contributed by atoms with Crippen molar-refractivity contribution in [2.75, 3.05) is 13.2 Å². The van der Waals surface area contributed by atoms with Crippen molar-refractivity contribution in [1.82, 2.24) is 14.1 Å². The van der Waals surface area contributed by atoms with Gasteiger partial charge in [0.25, 0.3) is 0 Å². The fraction of sp³-hybridized carbons (Fsp3) is 0.286. The number of hydrogen-bond donors (Lipinski definition) is 1. The largest absolute Gasteiger partial charge is 0.408 e. The SMILES string of the molecule is OCCOn1ccn2ccnc12. The highest BCUT2D eigenvalue weighted by atomic mass is 16.7. The van der Waals surface area contributed by atoms with Crippen molar-refractivity contribution in [3.05, 3.63) is 24.8 Å². The van der Waals surface area contributed by atoms with E-state index < -0.39 is 0 Å². The zero-order valence-corrected chi connectivity index (χ0v) is 6.42. The zero-order chi connectivity index (χ0) is 8.39. The number of nitrogens with zero attached hydrogens (tertiary/aromatic N) is 3. The van der Waals surface area contributed by atoms with Gasteiger partial charge >= 0.3 is 0 Å². The molecule has 5 heteroatoms. The Hall–Kier alpha value is -1.49. The van der Waals surface area contributed by atoms with Gasteiger partial charge < -0.3 is 9.94 Å². The van der Waals surface area contributed by atoms with E-state index in [4.69, 9.17) is 9.94 Å². The molecule has 2 rings (SSSR count). The van der Waals surface area contributed by atoms with Crippen LogP contribution in [0.2, 0.25) is 0 Å². The summed E-state index contributed by atoms with van der Waals surface area (Å²) in [6.07, 6.45) is 7.10. The molecule has 5 nitrogen and oxygen atoms in total. The molecule has 0 saturated heterocycles. The first kappa shape index (κ1) is 7.17. The van der Waals surface area contributed by atoms with E-state index in [0.29, 0.717) is 5.78 Å². The molecule has 0 atom stereocenters. The highest BCUT2D eigenvalue weighted by molar-refractivity contribution is 5.28. The molecule has 2 aromatic heterocycles. The molecule has 0 aliphatic rings. The first-order valence-corrected chi connectivity index (χ1v) is 3.66. The normalized spacial score (nSPS) is 10.8. The van der Waals surface area contributed by atoms with Crippen molar-refractivity contribution in [2.45, 2.75) is 0 Å². The van der Waals surface area contributed by atoms with Gasteiger partial charge in [0.15, 0.2) is 0 Å². The van der Waals surface area contributed by atoms with Crippen molar-refractivity contribution in [3.8, 4) is 0 Å². The van der Waals surface area contributed by atoms with Crippen LogP contribution in [0.5, 0.6) is 0 Å². The number of rotatable bonds is 3. The lowest BCUT2D eigenvalue weighted by atomic mass is 10.8. The number of aliphatic hydroxyl groups excluding tert-OH is 1. The van der Waals surface area contributed by atoms with Crippen LogP contribution in [0.15, 0.2) is 24.8 Å². The van der Waals surface area contributed by atoms with E-state index in [1.54, 1.807) is 12.4 Å². The highest BCUT2D eigenvalue weighted by Crippen LogP contribution is 1.99. The van der Waals surface area contributed by atoms with Gasteiger partial charge in [-0.3, -0.25) is 4.40 Å². The molecule has 0 bridgehead atoms. The van der Waals surface area contributed by atoms with E-state index in [2.05, 4.69) is 4.98 Å². The third-order valence-corrected chi connectivity index (χ3v) is 1.53. The molecule has 0 aromatic carbocycles. The fourth-order valence-corrected chi connectivity index (χ4v) is 1.03. The van der Waals surface area contributed by atoms with E-state index in [-0.39, 0.29) is 13.2 Å². The van der Waals surface area contributed by atoms with Crippen LogP contribution >= 0.6 is 0 Å². The molecule has 0 unspecified atom stereocenters. The standard InChI is InChI=1S/C7H9N3O2/c11-5-6-12-10-4-3-9-2-1-8-7(9)10/h1-4,11H,5-6H2. The van der Waals surface area contributed by atoms with Crippen LogP contribution in [0.25, 0.3) is 5.78 Å². The molecule has 0 fully saturated rings. The summed E-state index contributed by atoms with van der Waals surface area (Å²) in [5.74, 6) is 0.712. The minimum atomic E-state index is 0.00501. The maximum absolute atomic E-state index is 8.52. The average Bonchev–Trinajstić information content (AvgIpc) is 2.62. The van der Waals surface area contributed by atoms with Crippen LogP contribution < -0.4 is 4.84 Å². The Bertz CT molecular complexity index is 365. The maximum Gasteiger partial charge on any atom is 0.247 e. The average molecular weight is 167 g/mol. The third kappa shape index (κ3) is 1.04. The molecular weight excluding hydrogens is 158 g/mol. The van der Waals surface area contributed by atoms with Crippen LogP contribution in [-0.2, 0) is 0 Å². The van der Waals surface area contributed by atoms with Crippen molar-refractivity contribution >= 4 is 5.78 Å². The van der Waals surface area contributed by atoms with Gasteiger partial charge in [-0.25, -0.2) is 4.98 Å². The van der Waals surface area contributed by atoms with Gasteiger partial charge in [0.05, 0.1) is 12.8 Å². The quantitative estimate of drug-likeness (QED) is 0.674. The van der Waals surface area contributed by atoms with Gasteiger partial charge in [0, 0.05) is 18.6 Å². The molecule has 0 saturated carbocycles. The van der Waals surface area contributed by atoms with E-state index in [0.717, 1.165) is 0 Å². The second-order valence-corrected chi connectivity index (χ2v) is 2.32. The minimum absolute atomic E-state index is 0.00501. The van der Waals surface area contributed by atoms with Gasteiger partial charge in [-0.2, -0.15) is 4.73 Å². The predicted molar refractivity (Wildman–Crippen MR) is 41.7 cm³/mol. The van der Waals surface area contributed by atoms with Gasteiger partial charge in [0.1, 0.15) is 6.61 Å². The number of imidazole rings is 2. The Morgan fingerprint density at radius 3 is 3.17 bits per heavy atom. The summed E-state index contributed by atoms with van der Waals surface area (Å²) in [6, 6.07) is 0. The Kier molecular flexibility index (Phi) is 1.71. The van der Waals surface area contributed by atoms with Crippen molar-refractivity contribution in [2.24, 2.45) is 0 Å². The second kappa shape index (κ2) is 2.86. The number of aromatic nitrogens is 3. The van der Waals surface area contributed by atoms with Crippen LogP contribution in [0.1, 0.15) is 0 Å². The smallest absolute Gasteiger partial charge is 0.247 e. The third-order valence-electron chi connectivity index (χ3n) is 1.53. The Balaban J connectivity index is 2.28. The maximum atomic E-state index is 8.52. The molecule has 0 radical (unpaired) electrons. The first-order chi connectivity index (χ1) is 5.92. The van der Waals surface area contributed by atoms with Crippen LogP contribution in [0.3, 0.4) is 0 Å². The summed E-state index contributed by atoms with van der Waals surface area (Å²) in [5, 5.41) is 8.52. The molecule has 2 heterocycles. The fourth-order valence-electron chi connectivity index (χ4n) is 1.03. The second-order valence-electron chi connectivity index (χ2n) is 2.32. The van der Waals surface area contributed by atoms with E-state index in [1.165, 1.54) is 4.73 Å². The summed E-state index contributed by atoms with van der Waals surface area (Å²) in [5.41, 5.74) is 0. The number of fused-ring (bicyclic) bond motifs is 1. The summed E-state index contributed by atoms with van der Waals surface area (Å²) >= 11 is 0. The zero-order valence-electron chi connectivity index (χ0n) is 6.42. The molecular formula is C7H9N3O2. The van der Waals surface area contributed by atoms with Crippen LogP contribution in [-0.4, -0.2) is 32.4 Å². The molecule has 1 N–H and O–H groups in total. The van der Waals surface area contributed by atoms with Crippen molar-refractivity contribution in [3.63, 3.8) is 0 Å². The Labute approximate surface area is 68.8 Å². The first-order valence-electron chi connectivity index (χ1n) is 3.66. The summed E-state index contributed by atoms with van der Waals surface area (Å²) < 4.78 is 3.35. The monoisotopic (exact) mass is 167 g/mol. The van der Waals surface area contributed by atoms with E-state index in [1.807, 2.05) is 16.8 Å². The highest BCUT2D eigenvalue weighted by Gasteiger charge is 2.00. The summed E-state index contributed by atoms with van der Waals surface area (Å²) in [7, 11) is 0. The molecule has 0 spiro atoms. The van der Waals surface area contributed by atoms with Crippen LogP contribution in [0, 0.1) is 0 Å². The van der Waals surface area contributed by atoms with Gasteiger partial charge in [-0.05, 0) is 0 Å². The molecule has 64 valence electrons. The van der Waals surface area contributed by atoms with E-state index in [9.17, 15) is 0 Å². The number of hydrogen-bond acceptors (Lipinski definition) is 3. The number of aliphatic hydroxyl groups is 1. The van der Waals surface area contributed by atoms with Gasteiger partial charge in [0.2, 0.25) is 5.78 Å². The Morgan fingerprint density at radius 2 is 2.33 bits per heavy atom. The lowest BCUT2D eigenvalue weighted by Crippen LogP contribution is -2.14. The molecule has 0 aliphatic carbocycles. The van der Waals surface area contributed by atoms with Crippen LogP contribution in [0.4, 0.5) is 0 Å². The lowest BCUT2D eigenvalue weighted by Gasteiger charge is -2.02. The Morgan fingerprint density at radius 1 is 1.42 bits per heavy atom. The van der Waals surface area contributed by atoms with Gasteiger partial charge in [-0.15, -0.1) is 0 Å². The van der Waals surface area contributed by atoms with Crippen molar-refractivity contribution in [1.29, 1.82) is 0 Å². The molecule has 2 aromatic rings. The van der Waals surface area contributed by atoms with Crippen molar-refractivity contribution < 1.29 is 9.94 Å².